The number of aromatic amines is 1. The lowest BCUT2D eigenvalue weighted by Gasteiger charge is -2.24. The van der Waals surface area contributed by atoms with Crippen molar-refractivity contribution >= 4 is 22.8 Å². The molecule has 0 unspecified atom stereocenters. The fourth-order valence-corrected chi connectivity index (χ4v) is 2.78. The standard InChI is InChI=1S/C14H15N3O3/c18-12(15-14(13(19)20)7-3-4-8-14)11-9-5-1-2-6-10(9)16-17-11/h1-2,5-6H,3-4,7-8H2,(H,15,18)(H,16,17)(H,19,20). The van der Waals surface area contributed by atoms with Crippen molar-refractivity contribution in [2.45, 2.75) is 31.2 Å². The van der Waals surface area contributed by atoms with Crippen molar-refractivity contribution in [1.82, 2.24) is 15.5 Å². The summed E-state index contributed by atoms with van der Waals surface area (Å²) in [6.45, 7) is 0. The van der Waals surface area contributed by atoms with E-state index in [1.54, 1.807) is 6.07 Å². The number of rotatable bonds is 3. The fraction of sp³-hybridized carbons (Fsp3) is 0.357. The highest BCUT2D eigenvalue weighted by molar-refractivity contribution is 6.06. The third-order valence-electron chi connectivity index (χ3n) is 3.90. The molecule has 6 nitrogen and oxygen atoms in total. The van der Waals surface area contributed by atoms with Gasteiger partial charge in [-0.1, -0.05) is 31.0 Å². The zero-order chi connectivity index (χ0) is 14.2. The molecule has 0 atom stereocenters. The summed E-state index contributed by atoms with van der Waals surface area (Å²) in [6, 6.07) is 7.27. The number of nitrogens with one attached hydrogen (secondary N) is 2. The van der Waals surface area contributed by atoms with Crippen LogP contribution in [0.4, 0.5) is 0 Å². The molecule has 1 heterocycles. The van der Waals surface area contributed by atoms with Gasteiger partial charge in [0.15, 0.2) is 5.69 Å². The van der Waals surface area contributed by atoms with Crippen molar-refractivity contribution < 1.29 is 14.7 Å². The molecule has 6 heteroatoms. The SMILES string of the molecule is O=C(NC1(C(=O)O)CCCC1)c1n[nH]c2ccccc12. The minimum atomic E-state index is -1.14. The molecule has 20 heavy (non-hydrogen) atoms. The van der Waals surface area contributed by atoms with Crippen LogP contribution in [0.2, 0.25) is 0 Å². The number of aliphatic carboxylic acids is 1. The minimum Gasteiger partial charge on any atom is -0.480 e. The van der Waals surface area contributed by atoms with E-state index in [1.165, 1.54) is 0 Å². The van der Waals surface area contributed by atoms with Crippen molar-refractivity contribution in [3.8, 4) is 0 Å². The lowest BCUT2D eigenvalue weighted by molar-refractivity contribution is -0.144. The molecule has 3 N–H and O–H groups in total. The molecule has 1 aliphatic carbocycles. The number of hydrogen-bond acceptors (Lipinski definition) is 3. The Labute approximate surface area is 115 Å². The molecule has 1 aromatic heterocycles. The minimum absolute atomic E-state index is 0.244. The van der Waals surface area contributed by atoms with Crippen LogP contribution in [0.1, 0.15) is 36.2 Å². The summed E-state index contributed by atoms with van der Waals surface area (Å²) in [5.74, 6) is -1.41. The Kier molecular flexibility index (Phi) is 2.93. The molecule has 2 aromatic rings. The number of carbonyl (C=O) groups excluding carboxylic acids is 1. The van der Waals surface area contributed by atoms with Gasteiger partial charge in [-0.25, -0.2) is 4.79 Å². The molecule has 0 radical (unpaired) electrons. The second-order valence-corrected chi connectivity index (χ2v) is 5.17. The lowest BCUT2D eigenvalue weighted by atomic mass is 9.97. The Morgan fingerprint density at radius 2 is 1.95 bits per heavy atom. The largest absolute Gasteiger partial charge is 0.480 e. The monoisotopic (exact) mass is 273 g/mol. The Hall–Kier alpha value is -2.37. The van der Waals surface area contributed by atoms with Crippen LogP contribution >= 0.6 is 0 Å². The molecule has 0 spiro atoms. The molecule has 1 aliphatic rings. The topological polar surface area (TPSA) is 95.1 Å². The van der Waals surface area contributed by atoms with E-state index in [9.17, 15) is 14.7 Å². The van der Waals surface area contributed by atoms with Gasteiger partial charge in [0.1, 0.15) is 5.54 Å². The van der Waals surface area contributed by atoms with Gasteiger partial charge in [-0.05, 0) is 18.9 Å². The van der Waals surface area contributed by atoms with Gasteiger partial charge >= 0.3 is 5.97 Å². The summed E-state index contributed by atoms with van der Waals surface area (Å²) in [5, 5.41) is 19.5. The van der Waals surface area contributed by atoms with Crippen LogP contribution in [0.3, 0.4) is 0 Å². The van der Waals surface area contributed by atoms with E-state index in [0.717, 1.165) is 18.4 Å². The highest BCUT2D eigenvalue weighted by Gasteiger charge is 2.43. The maximum Gasteiger partial charge on any atom is 0.329 e. The molecule has 1 fully saturated rings. The van der Waals surface area contributed by atoms with E-state index in [-0.39, 0.29) is 5.69 Å². The Morgan fingerprint density at radius 1 is 1.25 bits per heavy atom. The Bertz CT molecular complexity index is 671. The van der Waals surface area contributed by atoms with Gasteiger partial charge in [-0.3, -0.25) is 9.89 Å². The first kappa shape index (κ1) is 12.7. The van der Waals surface area contributed by atoms with E-state index in [0.29, 0.717) is 18.2 Å². The van der Waals surface area contributed by atoms with Gasteiger partial charge in [0.25, 0.3) is 5.91 Å². The molecule has 0 bridgehead atoms. The molecule has 1 saturated carbocycles. The van der Waals surface area contributed by atoms with Crippen molar-refractivity contribution in [2.24, 2.45) is 0 Å². The number of carboxylic acid groups (broad SMARTS) is 1. The van der Waals surface area contributed by atoms with E-state index < -0.39 is 17.4 Å². The molecular formula is C14H15N3O3. The quantitative estimate of drug-likeness (QED) is 0.793. The first-order valence-corrected chi connectivity index (χ1v) is 6.61. The summed E-state index contributed by atoms with van der Waals surface area (Å²) in [4.78, 5) is 23.8. The van der Waals surface area contributed by atoms with Crippen LogP contribution < -0.4 is 5.32 Å². The van der Waals surface area contributed by atoms with Crippen molar-refractivity contribution in [3.63, 3.8) is 0 Å². The van der Waals surface area contributed by atoms with Gasteiger partial charge < -0.3 is 10.4 Å². The first-order chi connectivity index (χ1) is 9.62. The Balaban J connectivity index is 1.91. The van der Waals surface area contributed by atoms with Crippen LogP contribution in [0.25, 0.3) is 10.9 Å². The second-order valence-electron chi connectivity index (χ2n) is 5.17. The number of carbonyl (C=O) groups is 2. The number of para-hydroxylation sites is 1. The third-order valence-corrected chi connectivity index (χ3v) is 3.90. The fourth-order valence-electron chi connectivity index (χ4n) is 2.78. The molecular weight excluding hydrogens is 258 g/mol. The zero-order valence-corrected chi connectivity index (χ0v) is 10.8. The number of carboxylic acids is 1. The number of hydrogen-bond donors (Lipinski definition) is 3. The van der Waals surface area contributed by atoms with Crippen LogP contribution in [-0.2, 0) is 4.79 Å². The number of fused-ring (bicyclic) bond motifs is 1. The number of amides is 1. The summed E-state index contributed by atoms with van der Waals surface area (Å²) >= 11 is 0. The average molecular weight is 273 g/mol. The maximum absolute atomic E-state index is 12.3. The van der Waals surface area contributed by atoms with Crippen molar-refractivity contribution in [1.29, 1.82) is 0 Å². The maximum atomic E-state index is 12.3. The van der Waals surface area contributed by atoms with Crippen molar-refractivity contribution in [2.75, 3.05) is 0 Å². The van der Waals surface area contributed by atoms with Gasteiger partial charge in [-0.15, -0.1) is 0 Å². The van der Waals surface area contributed by atoms with Gasteiger partial charge in [0, 0.05) is 5.39 Å². The average Bonchev–Trinajstić information content (AvgIpc) is 3.05. The molecule has 1 amide bonds. The highest BCUT2D eigenvalue weighted by atomic mass is 16.4. The van der Waals surface area contributed by atoms with Gasteiger partial charge in [0.05, 0.1) is 5.52 Å². The number of H-pyrrole nitrogens is 1. The van der Waals surface area contributed by atoms with Gasteiger partial charge in [0.2, 0.25) is 0 Å². The van der Waals surface area contributed by atoms with Gasteiger partial charge in [-0.2, -0.15) is 5.10 Å². The highest BCUT2D eigenvalue weighted by Crippen LogP contribution is 2.30. The lowest BCUT2D eigenvalue weighted by Crippen LogP contribution is -2.52. The predicted molar refractivity (Wildman–Crippen MR) is 72.4 cm³/mol. The molecule has 104 valence electrons. The van der Waals surface area contributed by atoms with Crippen LogP contribution in [0.15, 0.2) is 24.3 Å². The third kappa shape index (κ3) is 1.93. The van der Waals surface area contributed by atoms with E-state index >= 15 is 0 Å². The molecule has 3 rings (SSSR count). The Morgan fingerprint density at radius 3 is 2.65 bits per heavy atom. The van der Waals surface area contributed by atoms with Crippen LogP contribution in [0, 0.1) is 0 Å². The summed E-state index contributed by atoms with van der Waals surface area (Å²) < 4.78 is 0. The van der Waals surface area contributed by atoms with E-state index in [4.69, 9.17) is 0 Å². The molecule has 0 saturated heterocycles. The number of aromatic nitrogens is 2. The second kappa shape index (κ2) is 4.63. The molecule has 1 aromatic carbocycles. The summed E-state index contributed by atoms with van der Waals surface area (Å²) in [6.07, 6.45) is 2.56. The summed E-state index contributed by atoms with van der Waals surface area (Å²) in [5.41, 5.74) is -0.140. The van der Waals surface area contributed by atoms with E-state index in [1.807, 2.05) is 18.2 Å². The number of nitrogens with zero attached hydrogens (tertiary/aromatic N) is 1. The van der Waals surface area contributed by atoms with E-state index in [2.05, 4.69) is 15.5 Å². The summed E-state index contributed by atoms with van der Waals surface area (Å²) in [7, 11) is 0. The smallest absolute Gasteiger partial charge is 0.329 e. The number of benzene rings is 1. The normalized spacial score (nSPS) is 17.2. The van der Waals surface area contributed by atoms with Crippen molar-refractivity contribution in [3.05, 3.63) is 30.0 Å². The van der Waals surface area contributed by atoms with Crippen LogP contribution in [-0.4, -0.2) is 32.7 Å². The molecule has 0 aliphatic heterocycles. The first-order valence-electron chi connectivity index (χ1n) is 6.61. The zero-order valence-electron chi connectivity index (χ0n) is 10.8. The predicted octanol–water partition coefficient (Wildman–Crippen LogP) is 1.69. The van der Waals surface area contributed by atoms with Crippen LogP contribution in [0.5, 0.6) is 0 Å².